The first-order valence-corrected chi connectivity index (χ1v) is 9.97. The van der Waals surface area contributed by atoms with Gasteiger partial charge in [0, 0.05) is 25.3 Å². The molecule has 1 unspecified atom stereocenters. The van der Waals surface area contributed by atoms with Crippen molar-refractivity contribution in [1.29, 1.82) is 0 Å². The number of nitrogens with one attached hydrogen (secondary N) is 1. The first-order chi connectivity index (χ1) is 12.2. The van der Waals surface area contributed by atoms with E-state index in [4.69, 9.17) is 0 Å². The molecule has 136 valence electrons. The van der Waals surface area contributed by atoms with Crippen molar-refractivity contribution < 1.29 is 4.79 Å². The van der Waals surface area contributed by atoms with E-state index >= 15 is 0 Å². The number of hydrogen-bond acceptors (Lipinski definition) is 3. The van der Waals surface area contributed by atoms with Crippen LogP contribution in [0, 0.1) is 5.92 Å². The van der Waals surface area contributed by atoms with Crippen molar-refractivity contribution in [3.63, 3.8) is 0 Å². The van der Waals surface area contributed by atoms with Crippen LogP contribution in [0.1, 0.15) is 60.1 Å². The van der Waals surface area contributed by atoms with E-state index in [0.29, 0.717) is 11.5 Å². The zero-order valence-electron chi connectivity index (χ0n) is 15.1. The maximum absolute atomic E-state index is 13.0. The molecule has 1 N–H and O–H groups in total. The van der Waals surface area contributed by atoms with Crippen LogP contribution in [0.15, 0.2) is 10.9 Å². The van der Waals surface area contributed by atoms with Crippen molar-refractivity contribution in [2.24, 2.45) is 5.92 Å². The minimum atomic E-state index is -0.205. The number of fused-ring (bicyclic) bond motifs is 1. The summed E-state index contributed by atoms with van der Waals surface area (Å²) < 4.78 is 0. The van der Waals surface area contributed by atoms with E-state index in [1.165, 1.54) is 38.8 Å². The van der Waals surface area contributed by atoms with Crippen LogP contribution < -0.4 is 5.56 Å². The van der Waals surface area contributed by atoms with E-state index in [1.807, 2.05) is 11.0 Å². The van der Waals surface area contributed by atoms with Crippen molar-refractivity contribution in [2.45, 2.75) is 51.4 Å². The monoisotopic (exact) mass is 343 g/mol. The third kappa shape index (κ3) is 3.66. The van der Waals surface area contributed by atoms with Crippen LogP contribution in [-0.2, 0) is 12.8 Å². The van der Waals surface area contributed by atoms with Crippen molar-refractivity contribution in [2.75, 3.05) is 32.7 Å². The minimum absolute atomic E-state index is 0.0701. The van der Waals surface area contributed by atoms with Gasteiger partial charge in [-0.15, -0.1) is 0 Å². The Hall–Kier alpha value is -1.62. The number of piperidine rings is 2. The second kappa shape index (κ2) is 7.32. The van der Waals surface area contributed by atoms with Gasteiger partial charge in [-0.25, -0.2) is 0 Å². The Kier molecular flexibility index (Phi) is 4.93. The predicted octanol–water partition coefficient (Wildman–Crippen LogP) is 2.20. The molecule has 2 saturated heterocycles. The minimum Gasteiger partial charge on any atom is -0.338 e. The molecule has 2 fully saturated rings. The Bertz CT molecular complexity index is 691. The number of H-pyrrole nitrogens is 1. The third-order valence-corrected chi connectivity index (χ3v) is 6.09. The van der Waals surface area contributed by atoms with Crippen LogP contribution in [0.3, 0.4) is 0 Å². The summed E-state index contributed by atoms with van der Waals surface area (Å²) >= 11 is 0. The molecular formula is C20H29N3O2. The summed E-state index contributed by atoms with van der Waals surface area (Å²) in [6, 6.07) is 1.86. The van der Waals surface area contributed by atoms with Gasteiger partial charge in [-0.05, 0) is 75.6 Å². The molecule has 1 amide bonds. The van der Waals surface area contributed by atoms with Crippen molar-refractivity contribution in [3.05, 3.63) is 33.2 Å². The van der Waals surface area contributed by atoms with Crippen LogP contribution >= 0.6 is 0 Å². The van der Waals surface area contributed by atoms with Crippen molar-refractivity contribution in [1.82, 2.24) is 14.8 Å². The van der Waals surface area contributed by atoms with Gasteiger partial charge in [-0.1, -0.05) is 6.42 Å². The number of amides is 1. The summed E-state index contributed by atoms with van der Waals surface area (Å²) in [5, 5.41) is 0. The Labute approximate surface area is 149 Å². The Morgan fingerprint density at radius 3 is 2.76 bits per heavy atom. The standard InChI is InChI=1S/C20H29N3O2/c24-19-17(12-16-7-4-8-18(16)21-19)20(25)23-11-5-6-15(14-23)13-22-9-2-1-3-10-22/h12,15H,1-11,13-14H2,(H,21,24). The molecule has 0 bridgehead atoms. The normalized spacial score (nSPS) is 24.3. The summed E-state index contributed by atoms with van der Waals surface area (Å²) in [4.78, 5) is 32.7. The smallest absolute Gasteiger partial charge is 0.261 e. The predicted molar refractivity (Wildman–Crippen MR) is 98.0 cm³/mol. The molecule has 0 radical (unpaired) electrons. The number of aromatic nitrogens is 1. The zero-order chi connectivity index (χ0) is 17.2. The molecule has 0 spiro atoms. The Morgan fingerprint density at radius 1 is 1.08 bits per heavy atom. The molecule has 4 rings (SSSR count). The Morgan fingerprint density at radius 2 is 1.92 bits per heavy atom. The second-order valence-corrected chi connectivity index (χ2v) is 7.99. The summed E-state index contributed by atoms with van der Waals surface area (Å²) in [6.45, 7) is 5.09. The lowest BCUT2D eigenvalue weighted by Crippen LogP contribution is -2.45. The number of nitrogens with zero attached hydrogens (tertiary/aromatic N) is 2. The highest BCUT2D eigenvalue weighted by Gasteiger charge is 2.28. The lowest BCUT2D eigenvalue weighted by molar-refractivity contribution is 0.0629. The van der Waals surface area contributed by atoms with Gasteiger partial charge in [0.15, 0.2) is 0 Å². The van der Waals surface area contributed by atoms with Crippen LogP contribution in [0.5, 0.6) is 0 Å². The lowest BCUT2D eigenvalue weighted by atomic mass is 9.95. The fraction of sp³-hybridized carbons (Fsp3) is 0.700. The van der Waals surface area contributed by atoms with Crippen molar-refractivity contribution >= 4 is 5.91 Å². The molecule has 1 atom stereocenters. The van der Waals surface area contributed by atoms with Gasteiger partial charge in [0.05, 0.1) is 0 Å². The summed E-state index contributed by atoms with van der Waals surface area (Å²) in [5.41, 5.74) is 2.33. The maximum atomic E-state index is 13.0. The molecular weight excluding hydrogens is 314 g/mol. The van der Waals surface area contributed by atoms with Crippen LogP contribution in [-0.4, -0.2) is 53.4 Å². The zero-order valence-corrected chi connectivity index (χ0v) is 15.1. The quantitative estimate of drug-likeness (QED) is 0.915. The average Bonchev–Trinajstić information content (AvgIpc) is 3.09. The van der Waals surface area contributed by atoms with Gasteiger partial charge in [-0.2, -0.15) is 0 Å². The van der Waals surface area contributed by atoms with Gasteiger partial charge >= 0.3 is 0 Å². The van der Waals surface area contributed by atoms with Gasteiger partial charge < -0.3 is 14.8 Å². The highest BCUT2D eigenvalue weighted by molar-refractivity contribution is 5.94. The van der Waals surface area contributed by atoms with Crippen LogP contribution in [0.4, 0.5) is 0 Å². The van der Waals surface area contributed by atoms with Crippen molar-refractivity contribution in [3.8, 4) is 0 Å². The van der Waals surface area contributed by atoms with E-state index in [9.17, 15) is 9.59 Å². The molecule has 3 heterocycles. The largest absolute Gasteiger partial charge is 0.338 e. The molecule has 25 heavy (non-hydrogen) atoms. The summed E-state index contributed by atoms with van der Waals surface area (Å²) in [7, 11) is 0. The molecule has 5 heteroatoms. The van der Waals surface area contributed by atoms with Gasteiger partial charge in [0.25, 0.3) is 11.5 Å². The number of carbonyl (C=O) groups excluding carboxylic acids is 1. The molecule has 1 aromatic heterocycles. The third-order valence-electron chi connectivity index (χ3n) is 6.09. The maximum Gasteiger partial charge on any atom is 0.261 e. The van der Waals surface area contributed by atoms with Crippen LogP contribution in [0.2, 0.25) is 0 Å². The van der Waals surface area contributed by atoms with Gasteiger partial charge in [-0.3, -0.25) is 9.59 Å². The lowest BCUT2D eigenvalue weighted by Gasteiger charge is -2.36. The van der Waals surface area contributed by atoms with Gasteiger partial charge in [0.1, 0.15) is 5.56 Å². The molecule has 2 aliphatic heterocycles. The highest BCUT2D eigenvalue weighted by atomic mass is 16.2. The SMILES string of the molecule is O=C(c1cc2c([nH]c1=O)CCC2)N1CCCC(CN2CCCCC2)C1. The molecule has 0 aromatic carbocycles. The topological polar surface area (TPSA) is 56.4 Å². The van der Waals surface area contributed by atoms with E-state index < -0.39 is 0 Å². The summed E-state index contributed by atoms with van der Waals surface area (Å²) in [5.74, 6) is 0.476. The molecule has 1 aromatic rings. The number of carbonyl (C=O) groups is 1. The first-order valence-electron chi connectivity index (χ1n) is 9.97. The summed E-state index contributed by atoms with van der Waals surface area (Å²) in [6.07, 6.45) is 9.19. The van der Waals surface area contributed by atoms with Gasteiger partial charge in [0.2, 0.25) is 0 Å². The number of likely N-dealkylation sites (tertiary alicyclic amines) is 2. The van der Waals surface area contributed by atoms with Crippen LogP contribution in [0.25, 0.3) is 0 Å². The number of aromatic amines is 1. The van der Waals surface area contributed by atoms with E-state index in [-0.39, 0.29) is 11.5 Å². The molecule has 5 nitrogen and oxygen atoms in total. The van der Waals surface area contributed by atoms with E-state index in [2.05, 4.69) is 9.88 Å². The fourth-order valence-corrected chi connectivity index (χ4v) is 4.75. The number of hydrogen-bond donors (Lipinski definition) is 1. The number of aryl methyl sites for hydroxylation is 2. The van der Waals surface area contributed by atoms with E-state index in [0.717, 1.165) is 56.6 Å². The first kappa shape index (κ1) is 16.8. The average molecular weight is 343 g/mol. The molecule has 3 aliphatic rings. The Balaban J connectivity index is 1.44. The highest BCUT2D eigenvalue weighted by Crippen LogP contribution is 2.23. The second-order valence-electron chi connectivity index (χ2n) is 7.99. The number of pyridine rings is 1. The fourth-order valence-electron chi connectivity index (χ4n) is 4.75. The molecule has 1 aliphatic carbocycles. The number of rotatable bonds is 3. The molecule has 0 saturated carbocycles. The van der Waals surface area contributed by atoms with E-state index in [1.54, 1.807) is 0 Å².